The summed E-state index contributed by atoms with van der Waals surface area (Å²) in [5.74, 6) is 1.07. The van der Waals surface area contributed by atoms with E-state index in [0.29, 0.717) is 23.8 Å². The predicted molar refractivity (Wildman–Crippen MR) is 128 cm³/mol. The molecule has 4 aromatic rings. The molecule has 0 aliphatic carbocycles. The number of hydrogen-bond acceptors (Lipinski definition) is 4. The third-order valence-electron chi connectivity index (χ3n) is 5.31. The molecule has 1 heterocycles. The zero-order valence-electron chi connectivity index (χ0n) is 18.7. The number of unbranched alkanes of at least 4 members (excludes halogenated alkanes) is 1. The Morgan fingerprint density at radius 1 is 0.969 bits per heavy atom. The van der Waals surface area contributed by atoms with Crippen molar-refractivity contribution >= 4 is 22.6 Å². The molecule has 164 valence electrons. The molecule has 0 aliphatic rings. The molecule has 0 spiro atoms. The minimum absolute atomic E-state index is 0.180. The van der Waals surface area contributed by atoms with E-state index < -0.39 is 0 Å². The zero-order valence-corrected chi connectivity index (χ0v) is 18.7. The summed E-state index contributed by atoms with van der Waals surface area (Å²) in [5, 5.41) is 12.1. The molecular weight excluding hydrogens is 400 g/mol. The Bertz CT molecular complexity index is 1190. The van der Waals surface area contributed by atoms with Gasteiger partial charge in [-0.2, -0.15) is 4.80 Å². The van der Waals surface area contributed by atoms with Crippen molar-refractivity contribution in [1.29, 1.82) is 0 Å². The van der Waals surface area contributed by atoms with Crippen molar-refractivity contribution in [2.75, 3.05) is 11.9 Å². The molecule has 0 radical (unpaired) electrons. The average Bonchev–Trinajstić information content (AvgIpc) is 3.23. The monoisotopic (exact) mass is 428 g/mol. The normalized spacial score (nSPS) is 11.1. The second-order valence-corrected chi connectivity index (χ2v) is 8.12. The Morgan fingerprint density at radius 3 is 2.38 bits per heavy atom. The maximum Gasteiger partial charge on any atom is 0.255 e. The van der Waals surface area contributed by atoms with Crippen LogP contribution in [-0.4, -0.2) is 27.5 Å². The Labute approximate surface area is 188 Å². The summed E-state index contributed by atoms with van der Waals surface area (Å²) in [5.41, 5.74) is 4.91. The van der Waals surface area contributed by atoms with E-state index in [-0.39, 0.29) is 5.91 Å². The average molecular weight is 429 g/mol. The van der Waals surface area contributed by atoms with Crippen LogP contribution in [0.1, 0.15) is 55.5 Å². The third kappa shape index (κ3) is 4.97. The van der Waals surface area contributed by atoms with Crippen LogP contribution in [0.2, 0.25) is 0 Å². The Balaban J connectivity index is 1.46. The van der Waals surface area contributed by atoms with Crippen molar-refractivity contribution in [3.8, 4) is 11.4 Å². The molecule has 1 N–H and O–H groups in total. The first-order valence-corrected chi connectivity index (χ1v) is 11.0. The smallest absolute Gasteiger partial charge is 0.255 e. The van der Waals surface area contributed by atoms with Crippen LogP contribution in [0.4, 0.5) is 5.69 Å². The first-order valence-electron chi connectivity index (χ1n) is 11.0. The van der Waals surface area contributed by atoms with Crippen LogP contribution in [0.25, 0.3) is 16.7 Å². The lowest BCUT2D eigenvalue weighted by atomic mass is 10.0. The fraction of sp³-hybridized carbons (Fsp3) is 0.269. The lowest BCUT2D eigenvalue weighted by Gasteiger charge is -2.07. The topological polar surface area (TPSA) is 69.0 Å². The van der Waals surface area contributed by atoms with Gasteiger partial charge in [0.1, 0.15) is 16.8 Å². The highest BCUT2D eigenvalue weighted by Crippen LogP contribution is 2.21. The van der Waals surface area contributed by atoms with Crippen molar-refractivity contribution in [2.45, 2.75) is 39.5 Å². The van der Waals surface area contributed by atoms with Gasteiger partial charge in [0.25, 0.3) is 5.91 Å². The summed E-state index contributed by atoms with van der Waals surface area (Å²) in [6.45, 7) is 7.14. The number of amides is 1. The fourth-order valence-corrected chi connectivity index (χ4v) is 3.34. The van der Waals surface area contributed by atoms with E-state index in [9.17, 15) is 4.79 Å². The number of fused-ring (bicyclic) bond motifs is 1. The molecule has 0 bridgehead atoms. The number of benzene rings is 3. The van der Waals surface area contributed by atoms with Gasteiger partial charge in [-0.15, -0.1) is 10.2 Å². The van der Waals surface area contributed by atoms with Crippen LogP contribution < -0.4 is 10.1 Å². The summed E-state index contributed by atoms with van der Waals surface area (Å²) < 4.78 is 5.66. The van der Waals surface area contributed by atoms with E-state index in [1.165, 1.54) is 5.56 Å². The van der Waals surface area contributed by atoms with E-state index in [2.05, 4.69) is 48.4 Å². The molecular formula is C26H28N4O2. The number of aromatic nitrogens is 3. The lowest BCUT2D eigenvalue weighted by molar-refractivity contribution is 0.102. The molecule has 0 saturated carbocycles. The Kier molecular flexibility index (Phi) is 6.50. The lowest BCUT2D eigenvalue weighted by Crippen LogP contribution is -2.11. The molecule has 1 amide bonds. The molecule has 0 unspecified atom stereocenters. The van der Waals surface area contributed by atoms with Crippen molar-refractivity contribution in [3.63, 3.8) is 0 Å². The van der Waals surface area contributed by atoms with Gasteiger partial charge in [0, 0.05) is 11.3 Å². The van der Waals surface area contributed by atoms with Gasteiger partial charge >= 0.3 is 0 Å². The molecule has 0 saturated heterocycles. The minimum atomic E-state index is -0.180. The van der Waals surface area contributed by atoms with Gasteiger partial charge in [-0.05, 0) is 72.5 Å². The molecule has 1 aromatic heterocycles. The van der Waals surface area contributed by atoms with Gasteiger partial charge in [0.05, 0.1) is 12.3 Å². The first kappa shape index (κ1) is 21.6. The van der Waals surface area contributed by atoms with Crippen molar-refractivity contribution in [1.82, 2.24) is 15.0 Å². The van der Waals surface area contributed by atoms with E-state index in [1.807, 2.05) is 42.5 Å². The van der Waals surface area contributed by atoms with Gasteiger partial charge in [-0.3, -0.25) is 4.79 Å². The number of carbonyl (C=O) groups is 1. The molecule has 32 heavy (non-hydrogen) atoms. The largest absolute Gasteiger partial charge is 0.494 e. The standard InChI is InChI=1S/C26H28N4O2/c1-4-5-16-32-23-13-8-20(9-14-23)26(31)27-21-10-15-24-25(17-21)29-30(28-24)22-11-6-19(7-12-22)18(2)3/h6-15,17-18H,4-5,16H2,1-3H3,(H,27,31). The maximum absolute atomic E-state index is 12.6. The maximum atomic E-state index is 12.6. The van der Waals surface area contributed by atoms with Crippen LogP contribution in [0.15, 0.2) is 66.7 Å². The number of rotatable bonds is 8. The molecule has 6 nitrogen and oxygen atoms in total. The minimum Gasteiger partial charge on any atom is -0.494 e. The Morgan fingerprint density at radius 2 is 1.69 bits per heavy atom. The SMILES string of the molecule is CCCCOc1ccc(C(=O)Nc2ccc3nn(-c4ccc(C(C)C)cc4)nc3c2)cc1. The quantitative estimate of drug-likeness (QED) is 0.351. The van der Waals surface area contributed by atoms with E-state index in [0.717, 1.165) is 35.3 Å². The van der Waals surface area contributed by atoms with Crippen LogP contribution in [0.5, 0.6) is 5.75 Å². The molecule has 0 fully saturated rings. The first-order chi connectivity index (χ1) is 15.5. The highest BCUT2D eigenvalue weighted by Gasteiger charge is 2.10. The molecule has 4 rings (SSSR count). The van der Waals surface area contributed by atoms with Gasteiger partial charge in [-0.1, -0.05) is 39.3 Å². The number of hydrogen-bond donors (Lipinski definition) is 1. The molecule has 0 aliphatic heterocycles. The highest BCUT2D eigenvalue weighted by molar-refractivity contribution is 6.05. The fourth-order valence-electron chi connectivity index (χ4n) is 3.34. The second-order valence-electron chi connectivity index (χ2n) is 8.12. The molecule has 6 heteroatoms. The van der Waals surface area contributed by atoms with Gasteiger partial charge in [-0.25, -0.2) is 0 Å². The van der Waals surface area contributed by atoms with Crippen LogP contribution in [0, 0.1) is 0 Å². The summed E-state index contributed by atoms with van der Waals surface area (Å²) in [6, 6.07) is 21.0. The van der Waals surface area contributed by atoms with E-state index in [1.54, 1.807) is 16.9 Å². The summed E-state index contributed by atoms with van der Waals surface area (Å²) >= 11 is 0. The predicted octanol–water partition coefficient (Wildman–Crippen LogP) is 5.98. The third-order valence-corrected chi connectivity index (χ3v) is 5.31. The number of nitrogens with zero attached hydrogens (tertiary/aromatic N) is 3. The van der Waals surface area contributed by atoms with Gasteiger partial charge < -0.3 is 10.1 Å². The zero-order chi connectivity index (χ0) is 22.5. The number of carbonyl (C=O) groups excluding carboxylic acids is 1. The van der Waals surface area contributed by atoms with E-state index in [4.69, 9.17) is 4.74 Å². The number of anilines is 1. The van der Waals surface area contributed by atoms with Crippen molar-refractivity contribution < 1.29 is 9.53 Å². The van der Waals surface area contributed by atoms with Crippen molar-refractivity contribution in [3.05, 3.63) is 77.9 Å². The van der Waals surface area contributed by atoms with E-state index >= 15 is 0 Å². The van der Waals surface area contributed by atoms with Crippen LogP contribution in [0.3, 0.4) is 0 Å². The number of ether oxygens (including phenoxy) is 1. The Hall–Kier alpha value is -3.67. The number of nitrogens with one attached hydrogen (secondary N) is 1. The summed E-state index contributed by atoms with van der Waals surface area (Å²) in [6.07, 6.45) is 2.10. The summed E-state index contributed by atoms with van der Waals surface area (Å²) in [7, 11) is 0. The van der Waals surface area contributed by atoms with Crippen LogP contribution in [-0.2, 0) is 0 Å². The molecule has 0 atom stereocenters. The van der Waals surface area contributed by atoms with Crippen LogP contribution >= 0.6 is 0 Å². The highest BCUT2D eigenvalue weighted by atomic mass is 16.5. The summed E-state index contributed by atoms with van der Waals surface area (Å²) in [4.78, 5) is 14.3. The molecule has 3 aromatic carbocycles. The second kappa shape index (κ2) is 9.64. The van der Waals surface area contributed by atoms with Crippen molar-refractivity contribution in [2.24, 2.45) is 0 Å². The van der Waals surface area contributed by atoms with Gasteiger partial charge in [0.2, 0.25) is 0 Å². The van der Waals surface area contributed by atoms with Gasteiger partial charge in [0.15, 0.2) is 0 Å².